The second-order valence-corrected chi connectivity index (χ2v) is 13.9. The van der Waals surface area contributed by atoms with Crippen molar-refractivity contribution in [1.29, 1.82) is 0 Å². The molecule has 0 spiro atoms. The lowest BCUT2D eigenvalue weighted by atomic mass is 9.89. The van der Waals surface area contributed by atoms with Crippen LogP contribution in [0.4, 0.5) is 5.69 Å². The van der Waals surface area contributed by atoms with Gasteiger partial charge in [0.15, 0.2) is 5.69 Å². The van der Waals surface area contributed by atoms with Crippen LogP contribution in [-0.4, -0.2) is 88.0 Å². The SMILES string of the molecule is CC1CCC(OC[C@@H]2C[C@H](N3C[C@@H](C)O[C@@H](C)C3)CN2C(=O)Cc2ccc(NC(=O)c3nn(C)c4ccccc34)c(Cl)c2)CC1. The van der Waals surface area contributed by atoms with E-state index in [0.717, 1.165) is 54.7 Å². The standard InChI is InChI=1S/C35H46ClN5O4/c1-22-9-12-28(13-10-22)44-21-27-17-26(40-18-23(2)45-24(3)19-40)20-41(27)33(42)16-25-11-14-31(30(36)15-25)37-35(43)34-29-7-5-6-8-32(29)39(4)38-34/h5-8,11,14-15,22-24,26-28H,9-10,12-13,16-21H2,1-4H3,(H,37,43)/t22?,23-,24+,26-,27-,28?/m0/s1. The van der Waals surface area contributed by atoms with E-state index in [4.69, 9.17) is 21.1 Å². The van der Waals surface area contributed by atoms with E-state index in [0.29, 0.717) is 29.6 Å². The summed E-state index contributed by atoms with van der Waals surface area (Å²) in [5.41, 5.74) is 2.51. The number of carbonyl (C=O) groups excluding carboxylic acids is 2. The number of hydrogen-bond donors (Lipinski definition) is 1. The lowest BCUT2D eigenvalue weighted by Crippen LogP contribution is -2.51. The Hall–Kier alpha value is -2.98. The Morgan fingerprint density at radius 1 is 1.02 bits per heavy atom. The van der Waals surface area contributed by atoms with E-state index in [-0.39, 0.29) is 48.6 Å². The molecule has 3 fully saturated rings. The van der Waals surface area contributed by atoms with Crippen LogP contribution in [0.25, 0.3) is 10.9 Å². The van der Waals surface area contributed by atoms with Gasteiger partial charge in [0, 0.05) is 38.1 Å². The minimum atomic E-state index is -0.331. The Balaban J connectivity index is 1.12. The maximum Gasteiger partial charge on any atom is 0.276 e. The monoisotopic (exact) mass is 635 g/mol. The zero-order valence-corrected chi connectivity index (χ0v) is 27.6. The number of anilines is 1. The normalized spacial score (nSPS) is 27.6. The first-order valence-electron chi connectivity index (χ1n) is 16.5. The maximum atomic E-state index is 13.9. The van der Waals surface area contributed by atoms with Gasteiger partial charge in [-0.05, 0) is 75.6 Å². The van der Waals surface area contributed by atoms with E-state index in [1.165, 1.54) is 12.8 Å². The minimum absolute atomic E-state index is 0.0394. The number of ether oxygens (including phenoxy) is 2. The summed E-state index contributed by atoms with van der Waals surface area (Å²) in [5.74, 6) is 0.513. The number of nitrogens with one attached hydrogen (secondary N) is 1. The molecule has 45 heavy (non-hydrogen) atoms. The lowest BCUT2D eigenvalue weighted by molar-refractivity contribution is -0.133. The summed E-state index contributed by atoms with van der Waals surface area (Å²) in [6, 6.07) is 13.3. The first kappa shape index (κ1) is 32.0. The van der Waals surface area contributed by atoms with Gasteiger partial charge in [-0.2, -0.15) is 5.10 Å². The first-order valence-corrected chi connectivity index (χ1v) is 16.8. The molecule has 4 atom stereocenters. The van der Waals surface area contributed by atoms with Gasteiger partial charge in [0.05, 0.1) is 53.6 Å². The van der Waals surface area contributed by atoms with E-state index in [2.05, 4.69) is 36.1 Å². The summed E-state index contributed by atoms with van der Waals surface area (Å²) in [5, 5.41) is 8.47. The van der Waals surface area contributed by atoms with Gasteiger partial charge in [-0.15, -0.1) is 0 Å². The Morgan fingerprint density at radius 3 is 2.49 bits per heavy atom. The molecule has 2 saturated heterocycles. The van der Waals surface area contributed by atoms with Crippen molar-refractivity contribution >= 4 is 40.0 Å². The molecule has 242 valence electrons. The van der Waals surface area contributed by atoms with Crippen molar-refractivity contribution in [2.24, 2.45) is 13.0 Å². The van der Waals surface area contributed by atoms with Crippen molar-refractivity contribution in [3.63, 3.8) is 0 Å². The van der Waals surface area contributed by atoms with Crippen LogP contribution < -0.4 is 5.32 Å². The Labute approximate surface area is 271 Å². The number of carbonyl (C=O) groups is 2. The zero-order chi connectivity index (χ0) is 31.7. The van der Waals surface area contributed by atoms with Gasteiger partial charge in [-0.3, -0.25) is 19.2 Å². The highest BCUT2D eigenvalue weighted by Gasteiger charge is 2.40. The van der Waals surface area contributed by atoms with Crippen LogP contribution in [0.1, 0.15) is 68.9 Å². The van der Waals surface area contributed by atoms with Crippen molar-refractivity contribution in [1.82, 2.24) is 19.6 Å². The van der Waals surface area contributed by atoms with Gasteiger partial charge in [0.25, 0.3) is 5.91 Å². The topological polar surface area (TPSA) is 88.9 Å². The predicted molar refractivity (Wildman–Crippen MR) is 177 cm³/mol. The van der Waals surface area contributed by atoms with Crippen molar-refractivity contribution in [3.05, 3.63) is 58.7 Å². The summed E-state index contributed by atoms with van der Waals surface area (Å²) in [6.07, 6.45) is 6.39. The van der Waals surface area contributed by atoms with Crippen LogP contribution in [0, 0.1) is 5.92 Å². The molecular weight excluding hydrogens is 590 g/mol. The van der Waals surface area contributed by atoms with Crippen molar-refractivity contribution in [2.45, 2.75) is 89.7 Å². The molecule has 0 radical (unpaired) electrons. The summed E-state index contributed by atoms with van der Waals surface area (Å²) >= 11 is 6.65. The number of rotatable bonds is 8. The Kier molecular flexibility index (Phi) is 9.80. The Morgan fingerprint density at radius 2 is 1.76 bits per heavy atom. The van der Waals surface area contributed by atoms with Gasteiger partial charge in [0.1, 0.15) is 0 Å². The highest BCUT2D eigenvalue weighted by molar-refractivity contribution is 6.34. The molecule has 2 aromatic carbocycles. The van der Waals surface area contributed by atoms with Gasteiger partial charge in [0.2, 0.25) is 5.91 Å². The highest BCUT2D eigenvalue weighted by atomic mass is 35.5. The molecule has 2 aliphatic heterocycles. The van der Waals surface area contributed by atoms with E-state index in [9.17, 15) is 9.59 Å². The molecule has 3 heterocycles. The number of para-hydroxylation sites is 1. The molecule has 0 unspecified atom stereocenters. The third-order valence-corrected chi connectivity index (χ3v) is 10.1. The van der Waals surface area contributed by atoms with Crippen LogP contribution in [0.3, 0.4) is 0 Å². The molecule has 1 N–H and O–H groups in total. The van der Waals surface area contributed by atoms with Crippen LogP contribution >= 0.6 is 11.6 Å². The van der Waals surface area contributed by atoms with Crippen LogP contribution in [0.15, 0.2) is 42.5 Å². The number of fused-ring (bicyclic) bond motifs is 1. The quantitative estimate of drug-likeness (QED) is 0.342. The van der Waals surface area contributed by atoms with E-state index in [1.54, 1.807) is 16.8 Å². The number of amides is 2. The third-order valence-electron chi connectivity index (χ3n) is 9.77. The molecule has 2 amide bonds. The number of aromatic nitrogens is 2. The van der Waals surface area contributed by atoms with Gasteiger partial charge >= 0.3 is 0 Å². The first-order chi connectivity index (χ1) is 21.6. The highest BCUT2D eigenvalue weighted by Crippen LogP contribution is 2.31. The van der Waals surface area contributed by atoms with E-state index < -0.39 is 0 Å². The molecule has 3 aromatic rings. The van der Waals surface area contributed by atoms with Gasteiger partial charge in [-0.1, -0.05) is 42.8 Å². The van der Waals surface area contributed by atoms with Gasteiger partial charge < -0.3 is 19.7 Å². The van der Waals surface area contributed by atoms with Crippen molar-refractivity contribution < 1.29 is 19.1 Å². The molecule has 1 saturated carbocycles. The fraction of sp³-hybridized carbons (Fsp3) is 0.571. The van der Waals surface area contributed by atoms with Crippen molar-refractivity contribution in [2.75, 3.05) is 31.6 Å². The van der Waals surface area contributed by atoms with E-state index >= 15 is 0 Å². The second kappa shape index (κ2) is 13.8. The molecule has 10 heteroatoms. The fourth-order valence-electron chi connectivity index (χ4n) is 7.39. The summed E-state index contributed by atoms with van der Waals surface area (Å²) in [6.45, 7) is 9.58. The van der Waals surface area contributed by atoms with E-state index in [1.807, 2.05) is 42.3 Å². The number of likely N-dealkylation sites (tertiary alicyclic amines) is 1. The number of hydrogen-bond acceptors (Lipinski definition) is 6. The molecule has 0 bridgehead atoms. The fourth-order valence-corrected chi connectivity index (χ4v) is 7.64. The number of morpholine rings is 1. The smallest absolute Gasteiger partial charge is 0.276 e. The molecule has 9 nitrogen and oxygen atoms in total. The molecule has 3 aliphatic rings. The number of aryl methyl sites for hydroxylation is 1. The van der Waals surface area contributed by atoms with Crippen LogP contribution in [0.2, 0.25) is 5.02 Å². The minimum Gasteiger partial charge on any atom is -0.376 e. The summed E-state index contributed by atoms with van der Waals surface area (Å²) in [7, 11) is 1.82. The van der Waals surface area contributed by atoms with Crippen LogP contribution in [-0.2, 0) is 27.7 Å². The molecule has 1 aromatic heterocycles. The Bertz CT molecular complexity index is 1510. The predicted octanol–water partition coefficient (Wildman–Crippen LogP) is 5.70. The molecule has 1 aliphatic carbocycles. The lowest BCUT2D eigenvalue weighted by Gasteiger charge is -2.38. The summed E-state index contributed by atoms with van der Waals surface area (Å²) < 4.78 is 14.1. The molecular formula is C35H46ClN5O4. The summed E-state index contributed by atoms with van der Waals surface area (Å²) in [4.78, 5) is 31.5. The van der Waals surface area contributed by atoms with Crippen molar-refractivity contribution in [3.8, 4) is 0 Å². The number of nitrogens with zero attached hydrogens (tertiary/aromatic N) is 4. The zero-order valence-electron chi connectivity index (χ0n) is 26.9. The average Bonchev–Trinajstić information content (AvgIpc) is 3.59. The largest absolute Gasteiger partial charge is 0.376 e. The van der Waals surface area contributed by atoms with Gasteiger partial charge in [-0.25, -0.2) is 0 Å². The second-order valence-electron chi connectivity index (χ2n) is 13.5. The maximum absolute atomic E-state index is 13.9. The molecule has 6 rings (SSSR count). The number of benzene rings is 2. The third kappa shape index (κ3) is 7.38. The number of halogens is 1. The van der Waals surface area contributed by atoms with Crippen LogP contribution in [0.5, 0.6) is 0 Å². The average molecular weight is 636 g/mol.